The van der Waals surface area contributed by atoms with Gasteiger partial charge in [0.1, 0.15) is 40.5 Å². The van der Waals surface area contributed by atoms with Crippen molar-refractivity contribution in [2.24, 2.45) is 0 Å². The predicted molar refractivity (Wildman–Crippen MR) is 144 cm³/mol. The number of ether oxygens (including phenoxy) is 2. The number of fused-ring (bicyclic) bond motifs is 1. The molecule has 3 N–H and O–H groups in total. The van der Waals surface area contributed by atoms with Crippen molar-refractivity contribution in [2.45, 2.75) is 48.7 Å². The van der Waals surface area contributed by atoms with Crippen LogP contribution in [0.25, 0.3) is 0 Å². The molecule has 4 atom stereocenters. The zero-order valence-electron chi connectivity index (χ0n) is 20.0. The number of alkyl halides is 1. The first-order chi connectivity index (χ1) is 17.6. The number of nitrogens with one attached hydrogen (secondary N) is 2. The zero-order chi connectivity index (χ0) is 26.7. The van der Waals surface area contributed by atoms with Crippen LogP contribution in [0.4, 0.5) is 4.79 Å². The molecule has 0 saturated carbocycles. The van der Waals surface area contributed by atoms with Gasteiger partial charge in [-0.25, -0.2) is 9.59 Å². The topological polar surface area (TPSA) is 134 Å². The number of rotatable bonds is 8. The number of esters is 1. The van der Waals surface area contributed by atoms with E-state index in [9.17, 15) is 24.3 Å². The lowest BCUT2D eigenvalue weighted by Gasteiger charge is -2.44. The second-order valence-electron chi connectivity index (χ2n) is 9.05. The zero-order valence-corrected chi connectivity index (χ0v) is 23.0. The van der Waals surface area contributed by atoms with E-state index in [-0.39, 0.29) is 17.0 Å². The molecule has 196 valence electrons. The molecule has 0 radical (unpaired) electrons. The Morgan fingerprint density at radius 3 is 2.43 bits per heavy atom. The number of hydrogen-bond acceptors (Lipinski definition) is 8. The van der Waals surface area contributed by atoms with Crippen LogP contribution in [-0.2, 0) is 30.5 Å². The van der Waals surface area contributed by atoms with E-state index < -0.39 is 52.1 Å². The van der Waals surface area contributed by atoms with E-state index in [1.807, 2.05) is 66.8 Å². The van der Waals surface area contributed by atoms with Crippen LogP contribution in [0.5, 0.6) is 5.75 Å². The second kappa shape index (κ2) is 11.2. The third-order valence-corrected chi connectivity index (χ3v) is 8.01. The van der Waals surface area contributed by atoms with Crippen LogP contribution in [0.1, 0.15) is 31.0 Å². The second-order valence-corrected chi connectivity index (χ2v) is 11.4. The number of hydrogen-bond donors (Lipinski definition) is 3. The van der Waals surface area contributed by atoms with Gasteiger partial charge in [0.05, 0.1) is 0 Å². The number of nitrogens with zero attached hydrogens (tertiary/aromatic N) is 1. The van der Waals surface area contributed by atoms with Gasteiger partial charge < -0.3 is 30.1 Å². The van der Waals surface area contributed by atoms with E-state index >= 15 is 0 Å². The average Bonchev–Trinajstić information content (AvgIpc) is 3.13. The number of benzene rings is 2. The summed E-state index contributed by atoms with van der Waals surface area (Å²) in [6, 6.07) is 12.2. The summed E-state index contributed by atoms with van der Waals surface area (Å²) in [6.07, 6.45) is -0.804. The molecule has 0 bridgehead atoms. The Labute approximate surface area is 231 Å². The highest BCUT2D eigenvalue weighted by molar-refractivity contribution is 14.1. The maximum absolute atomic E-state index is 13.2. The first kappa shape index (κ1) is 27.0. The number of halogens is 1. The number of carbonyl (C=O) groups excluding carboxylic acids is 4. The quantitative estimate of drug-likeness (QED) is 0.174. The van der Waals surface area contributed by atoms with Gasteiger partial charge in [-0.3, -0.25) is 9.59 Å². The van der Waals surface area contributed by atoms with E-state index in [0.29, 0.717) is 5.56 Å². The molecule has 10 nitrogen and oxygen atoms in total. The van der Waals surface area contributed by atoms with Crippen LogP contribution >= 0.6 is 34.4 Å². The number of amides is 3. The van der Waals surface area contributed by atoms with E-state index in [4.69, 9.17) is 9.47 Å². The largest absolute Gasteiger partial charge is 0.508 e. The summed E-state index contributed by atoms with van der Waals surface area (Å²) >= 11 is 3.26. The van der Waals surface area contributed by atoms with Gasteiger partial charge in [-0.2, -0.15) is 0 Å². The Hall–Kier alpha value is -3.00. The molecule has 0 aliphatic carbocycles. The highest BCUT2D eigenvalue weighted by Crippen LogP contribution is 2.51. The van der Waals surface area contributed by atoms with Gasteiger partial charge in [-0.15, -0.1) is 11.8 Å². The number of alkyl carbamates (subject to hydrolysis) is 1. The van der Waals surface area contributed by atoms with E-state index in [2.05, 4.69) is 10.6 Å². The predicted octanol–water partition coefficient (Wildman–Crippen LogP) is 2.84. The monoisotopic (exact) mass is 639 g/mol. The summed E-state index contributed by atoms with van der Waals surface area (Å²) in [4.78, 5) is 52.9. The summed E-state index contributed by atoms with van der Waals surface area (Å²) in [7, 11) is 0. The molecule has 0 spiro atoms. The smallest absolute Gasteiger partial charge is 0.408 e. The minimum Gasteiger partial charge on any atom is -0.508 e. The lowest BCUT2D eigenvalue weighted by atomic mass is 9.95. The number of phenolic OH excluding ortho intramolecular Hbond substituents is 1. The van der Waals surface area contributed by atoms with Crippen molar-refractivity contribution < 1.29 is 33.8 Å². The standard InChI is InChI=1S/C25H26IN3O7S/c1-25(2)19(23(33)35-12-14-6-4-3-5-7-14)29-21(32)18(22(29)37-25)27-20(31)17(28-24(34)36-13-26)15-8-10-16(30)11-9-15/h3-11,17-19,22,30H,12-13H2,1-2H3,(H,27,31)(H,28,34)/t17?,18?,19-,22+/m0/s1. The molecule has 2 aromatic carbocycles. The molecule has 2 unspecified atom stereocenters. The molecule has 2 saturated heterocycles. The molecular formula is C25H26IN3O7S. The highest BCUT2D eigenvalue weighted by Gasteiger charge is 2.64. The van der Waals surface area contributed by atoms with E-state index in [0.717, 1.165) is 5.56 Å². The lowest BCUT2D eigenvalue weighted by Crippen LogP contribution is -2.71. The molecule has 37 heavy (non-hydrogen) atoms. The van der Waals surface area contributed by atoms with Gasteiger partial charge in [0.25, 0.3) is 0 Å². The third kappa shape index (κ3) is 5.79. The summed E-state index contributed by atoms with van der Waals surface area (Å²) in [5.74, 6) is -1.54. The molecule has 12 heteroatoms. The van der Waals surface area contributed by atoms with Gasteiger partial charge in [0.2, 0.25) is 11.8 Å². The minimum atomic E-state index is -1.16. The fourth-order valence-corrected chi connectivity index (χ4v) is 6.25. The van der Waals surface area contributed by atoms with E-state index in [1.54, 1.807) is 0 Å². The fraction of sp³-hybridized carbons (Fsp3) is 0.360. The summed E-state index contributed by atoms with van der Waals surface area (Å²) < 4.78 is 9.86. The van der Waals surface area contributed by atoms with Crippen molar-refractivity contribution in [3.8, 4) is 5.75 Å². The first-order valence-corrected chi connectivity index (χ1v) is 13.8. The number of phenols is 1. The number of thioether (sulfide) groups is 1. The van der Waals surface area contributed by atoms with Gasteiger partial charge in [-0.05, 0) is 59.7 Å². The summed E-state index contributed by atoms with van der Waals surface area (Å²) in [5, 5.41) is 14.3. The molecule has 2 aliphatic rings. The van der Waals surface area contributed by atoms with Crippen molar-refractivity contribution in [3.05, 3.63) is 65.7 Å². The Bertz CT molecular complexity index is 1180. The van der Waals surface area contributed by atoms with Crippen LogP contribution in [-0.4, -0.2) is 60.7 Å². The maximum atomic E-state index is 13.2. The van der Waals surface area contributed by atoms with Crippen molar-refractivity contribution in [1.29, 1.82) is 0 Å². The van der Waals surface area contributed by atoms with Crippen LogP contribution in [0.2, 0.25) is 0 Å². The molecule has 2 heterocycles. The van der Waals surface area contributed by atoms with Crippen LogP contribution in [0.15, 0.2) is 54.6 Å². The SMILES string of the molecule is CC1(C)S[C@@H]2C(NC(=O)C(NC(=O)OCI)c3ccc(O)cc3)C(=O)N2[C@H]1C(=O)OCc1ccccc1. The Morgan fingerprint density at radius 1 is 1.11 bits per heavy atom. The Kier molecular flexibility index (Phi) is 8.17. The lowest BCUT2D eigenvalue weighted by molar-refractivity contribution is -0.165. The van der Waals surface area contributed by atoms with Crippen molar-refractivity contribution in [2.75, 3.05) is 4.61 Å². The fourth-order valence-electron chi connectivity index (χ4n) is 4.35. The highest BCUT2D eigenvalue weighted by atomic mass is 127. The molecule has 2 fully saturated rings. The van der Waals surface area contributed by atoms with Crippen molar-refractivity contribution in [1.82, 2.24) is 15.5 Å². The molecule has 2 aliphatic heterocycles. The van der Waals surface area contributed by atoms with Crippen molar-refractivity contribution in [3.63, 3.8) is 0 Å². The van der Waals surface area contributed by atoms with Crippen LogP contribution in [0.3, 0.4) is 0 Å². The maximum Gasteiger partial charge on any atom is 0.408 e. The normalized spacial score (nSPS) is 22.3. The summed E-state index contributed by atoms with van der Waals surface area (Å²) in [6.45, 7) is 3.81. The number of aromatic hydroxyl groups is 1. The van der Waals surface area contributed by atoms with Crippen LogP contribution in [0, 0.1) is 0 Å². The molecule has 2 aromatic rings. The van der Waals surface area contributed by atoms with Gasteiger partial charge in [-0.1, -0.05) is 42.5 Å². The first-order valence-electron chi connectivity index (χ1n) is 11.4. The number of carbonyl (C=O) groups is 4. The average molecular weight is 639 g/mol. The third-order valence-electron chi connectivity index (χ3n) is 6.12. The van der Waals surface area contributed by atoms with Crippen molar-refractivity contribution >= 4 is 58.2 Å². The van der Waals surface area contributed by atoms with Gasteiger partial charge in [0, 0.05) is 4.75 Å². The summed E-state index contributed by atoms with van der Waals surface area (Å²) in [5.41, 5.74) is 1.23. The van der Waals surface area contributed by atoms with Gasteiger partial charge in [0.15, 0.2) is 0 Å². The molecule has 4 rings (SSSR count). The Morgan fingerprint density at radius 2 is 1.78 bits per heavy atom. The minimum absolute atomic E-state index is 0.00246. The molecule has 0 aromatic heterocycles. The number of β-lactam (4-membered cyclic amide) rings is 1. The molecule has 3 amide bonds. The Balaban J connectivity index is 1.45. The van der Waals surface area contributed by atoms with Crippen LogP contribution < -0.4 is 10.6 Å². The molecular weight excluding hydrogens is 613 g/mol. The van der Waals surface area contributed by atoms with E-state index in [1.165, 1.54) is 40.9 Å². The van der Waals surface area contributed by atoms with Gasteiger partial charge >= 0.3 is 12.1 Å².